The number of carboxylic acids is 1. The van der Waals surface area contributed by atoms with Crippen LogP contribution in [0.4, 0.5) is 0 Å². The van der Waals surface area contributed by atoms with Crippen LogP contribution in [-0.2, 0) is 0 Å². The van der Waals surface area contributed by atoms with Gasteiger partial charge in [-0.3, -0.25) is 0 Å². The smallest absolute Gasteiger partial charge is 0.337 e. The van der Waals surface area contributed by atoms with Gasteiger partial charge in [0.25, 0.3) is 0 Å². The molecule has 2 aromatic carbocycles. The normalized spacial score (nSPS) is 10.5. The lowest BCUT2D eigenvalue weighted by Crippen LogP contribution is -2.03. The molecule has 0 atom stereocenters. The Morgan fingerprint density at radius 3 is 1.89 bits per heavy atom. The van der Waals surface area contributed by atoms with E-state index in [2.05, 4.69) is 63.7 Å². The Balaban J connectivity index is 2.90. The molecule has 0 saturated carbocycles. The van der Waals surface area contributed by atoms with Gasteiger partial charge < -0.3 is 5.11 Å². The lowest BCUT2D eigenvalue weighted by Gasteiger charge is -2.15. The molecule has 0 spiro atoms. The fourth-order valence-electron chi connectivity index (χ4n) is 1.71. The molecule has 98 valence electrons. The molecule has 0 aliphatic heterocycles. The van der Waals surface area contributed by atoms with Crippen LogP contribution in [-0.4, -0.2) is 11.1 Å². The Labute approximate surface area is 143 Å². The zero-order chi connectivity index (χ0) is 14.2. The first-order valence-electron chi connectivity index (χ1n) is 5.09. The molecule has 0 unspecified atom stereocenters. The first-order valence-corrected chi connectivity index (χ1v) is 8.27. The third kappa shape index (κ3) is 2.82. The molecule has 0 saturated heterocycles. The maximum Gasteiger partial charge on any atom is 0.337 e. The predicted octanol–water partition coefficient (Wildman–Crippen LogP) is 6.10. The van der Waals surface area contributed by atoms with Crippen molar-refractivity contribution in [3.63, 3.8) is 0 Å². The van der Waals surface area contributed by atoms with Crippen LogP contribution in [0.15, 0.2) is 48.2 Å². The average molecular weight is 514 g/mol. The number of benzene rings is 2. The van der Waals surface area contributed by atoms with Crippen molar-refractivity contribution in [2.75, 3.05) is 0 Å². The quantitative estimate of drug-likeness (QED) is 0.389. The van der Waals surface area contributed by atoms with Gasteiger partial charge in [-0.15, -0.1) is 0 Å². The van der Waals surface area contributed by atoms with Crippen molar-refractivity contribution in [3.05, 3.63) is 53.8 Å². The van der Waals surface area contributed by atoms with Gasteiger partial charge in [-0.1, -0.05) is 30.3 Å². The molecule has 0 bridgehead atoms. The van der Waals surface area contributed by atoms with Crippen molar-refractivity contribution in [1.82, 2.24) is 0 Å². The van der Waals surface area contributed by atoms with E-state index in [-0.39, 0.29) is 5.56 Å². The van der Waals surface area contributed by atoms with E-state index in [0.717, 1.165) is 10.0 Å². The van der Waals surface area contributed by atoms with Gasteiger partial charge in [0.1, 0.15) is 0 Å². The Kier molecular flexibility index (Phi) is 4.87. The monoisotopic (exact) mass is 510 g/mol. The van der Waals surface area contributed by atoms with Crippen LogP contribution in [0, 0.1) is 0 Å². The fraction of sp³-hybridized carbons (Fsp3) is 0. The van der Waals surface area contributed by atoms with Crippen LogP contribution < -0.4 is 0 Å². The number of carboxylic acid groups (broad SMARTS) is 1. The molecule has 0 heterocycles. The molecule has 2 rings (SSSR count). The van der Waals surface area contributed by atoms with Crippen molar-refractivity contribution in [2.45, 2.75) is 0 Å². The van der Waals surface area contributed by atoms with E-state index in [1.807, 2.05) is 30.3 Å². The molecular weight excluding hydrogens is 508 g/mol. The Morgan fingerprint density at radius 2 is 1.37 bits per heavy atom. The molecular formula is C13H6Br4O2. The highest BCUT2D eigenvalue weighted by molar-refractivity contribution is 9.15. The number of halogens is 4. The third-order valence-corrected chi connectivity index (χ3v) is 7.31. The highest BCUT2D eigenvalue weighted by Gasteiger charge is 2.24. The number of aromatic carboxylic acids is 1. The summed E-state index contributed by atoms with van der Waals surface area (Å²) in [5.74, 6) is -0.986. The minimum Gasteiger partial charge on any atom is -0.478 e. The summed E-state index contributed by atoms with van der Waals surface area (Å²) >= 11 is 13.6. The van der Waals surface area contributed by atoms with Crippen molar-refractivity contribution in [2.24, 2.45) is 0 Å². The molecule has 0 radical (unpaired) electrons. The molecule has 2 aromatic rings. The molecule has 0 aromatic heterocycles. The van der Waals surface area contributed by atoms with Crippen LogP contribution in [0.5, 0.6) is 0 Å². The summed E-state index contributed by atoms with van der Waals surface area (Å²) in [5.41, 5.74) is 1.68. The molecule has 6 heteroatoms. The zero-order valence-corrected chi connectivity index (χ0v) is 15.6. The number of hydrogen-bond donors (Lipinski definition) is 1. The van der Waals surface area contributed by atoms with Crippen molar-refractivity contribution >= 4 is 69.7 Å². The lowest BCUT2D eigenvalue weighted by atomic mass is 10.00. The predicted molar refractivity (Wildman–Crippen MR) is 89.6 cm³/mol. The van der Waals surface area contributed by atoms with Gasteiger partial charge >= 0.3 is 5.97 Å². The average Bonchev–Trinajstić information content (AvgIpc) is 2.40. The van der Waals surface area contributed by atoms with Gasteiger partial charge in [0.15, 0.2) is 0 Å². The van der Waals surface area contributed by atoms with Crippen molar-refractivity contribution in [1.29, 1.82) is 0 Å². The van der Waals surface area contributed by atoms with E-state index in [9.17, 15) is 9.90 Å². The minimum absolute atomic E-state index is 0.216. The first-order chi connectivity index (χ1) is 8.95. The second-order valence-corrected chi connectivity index (χ2v) is 6.85. The molecule has 0 amide bonds. The summed E-state index contributed by atoms with van der Waals surface area (Å²) < 4.78 is 2.64. The van der Waals surface area contributed by atoms with Crippen LogP contribution in [0.2, 0.25) is 0 Å². The van der Waals surface area contributed by atoms with Crippen LogP contribution in [0.3, 0.4) is 0 Å². The highest BCUT2D eigenvalue weighted by atomic mass is 79.9. The Bertz CT molecular complexity index is 654. The van der Waals surface area contributed by atoms with Gasteiger partial charge in [0.2, 0.25) is 0 Å². The summed E-state index contributed by atoms with van der Waals surface area (Å²) in [5, 5.41) is 9.46. The summed E-state index contributed by atoms with van der Waals surface area (Å²) in [6.07, 6.45) is 0. The first kappa shape index (κ1) is 15.2. The van der Waals surface area contributed by atoms with E-state index in [1.165, 1.54) is 0 Å². The van der Waals surface area contributed by atoms with E-state index >= 15 is 0 Å². The largest absolute Gasteiger partial charge is 0.478 e. The molecule has 0 aliphatic carbocycles. The standard InChI is InChI=1S/C13H6Br4O2/c14-9-7(6-4-2-1-3-5-6)8(13(18)19)10(15)12(17)11(9)16/h1-5H,(H,18,19). The number of carbonyl (C=O) groups is 1. The fourth-order valence-corrected chi connectivity index (χ4v) is 4.22. The second-order valence-electron chi connectivity index (χ2n) is 3.68. The van der Waals surface area contributed by atoms with Gasteiger partial charge in [-0.2, -0.15) is 0 Å². The van der Waals surface area contributed by atoms with Crippen LogP contribution >= 0.6 is 63.7 Å². The molecule has 0 fully saturated rings. The van der Waals surface area contributed by atoms with Gasteiger partial charge in [0, 0.05) is 23.5 Å². The lowest BCUT2D eigenvalue weighted by molar-refractivity contribution is 0.0696. The van der Waals surface area contributed by atoms with E-state index in [1.54, 1.807) is 0 Å². The van der Waals surface area contributed by atoms with Gasteiger partial charge in [-0.25, -0.2) is 4.79 Å². The Morgan fingerprint density at radius 1 is 0.842 bits per heavy atom. The van der Waals surface area contributed by atoms with E-state index in [4.69, 9.17) is 0 Å². The van der Waals surface area contributed by atoms with Gasteiger partial charge in [0.05, 0.1) is 5.56 Å². The molecule has 2 nitrogen and oxygen atoms in total. The van der Waals surface area contributed by atoms with Crippen molar-refractivity contribution in [3.8, 4) is 11.1 Å². The van der Waals surface area contributed by atoms with Gasteiger partial charge in [-0.05, 0) is 69.3 Å². The van der Waals surface area contributed by atoms with E-state index in [0.29, 0.717) is 19.0 Å². The molecule has 0 aliphatic rings. The molecule has 1 N–H and O–H groups in total. The van der Waals surface area contributed by atoms with Crippen LogP contribution in [0.25, 0.3) is 11.1 Å². The molecule has 19 heavy (non-hydrogen) atoms. The number of hydrogen-bond acceptors (Lipinski definition) is 1. The summed E-state index contributed by atoms with van der Waals surface area (Å²) in [6.45, 7) is 0. The minimum atomic E-state index is -0.986. The Hall–Kier alpha value is -0.170. The maximum atomic E-state index is 11.5. The number of rotatable bonds is 2. The zero-order valence-electron chi connectivity index (χ0n) is 9.25. The van der Waals surface area contributed by atoms with Crippen molar-refractivity contribution < 1.29 is 9.90 Å². The topological polar surface area (TPSA) is 37.3 Å². The SMILES string of the molecule is O=C(O)c1c(Br)c(Br)c(Br)c(Br)c1-c1ccccc1. The van der Waals surface area contributed by atoms with Crippen LogP contribution in [0.1, 0.15) is 10.4 Å². The third-order valence-electron chi connectivity index (χ3n) is 2.54. The van der Waals surface area contributed by atoms with E-state index < -0.39 is 5.97 Å². The summed E-state index contributed by atoms with van der Waals surface area (Å²) in [6, 6.07) is 9.38. The summed E-state index contributed by atoms with van der Waals surface area (Å²) in [4.78, 5) is 11.5. The second kappa shape index (κ2) is 6.08. The highest BCUT2D eigenvalue weighted by Crippen LogP contribution is 2.46. The summed E-state index contributed by atoms with van der Waals surface area (Å²) in [7, 11) is 0. The maximum absolute atomic E-state index is 11.5.